The number of ether oxygens (including phenoxy) is 2. The van der Waals surface area contributed by atoms with Crippen LogP contribution < -0.4 is 19.7 Å². The van der Waals surface area contributed by atoms with Gasteiger partial charge in [-0.25, -0.2) is 0 Å². The number of hydrogen-bond acceptors (Lipinski definition) is 4. The van der Waals surface area contributed by atoms with Crippen molar-refractivity contribution in [3.8, 4) is 11.5 Å². The van der Waals surface area contributed by atoms with Gasteiger partial charge in [0.05, 0.1) is 12.2 Å². The molecule has 1 N–H and O–H groups in total. The Morgan fingerprint density at radius 1 is 1.19 bits per heavy atom. The van der Waals surface area contributed by atoms with Gasteiger partial charge in [-0.15, -0.1) is 0 Å². The Bertz CT molecular complexity index is 804. The lowest BCUT2D eigenvalue weighted by Gasteiger charge is -2.35. The molecule has 3 rings (SSSR count). The summed E-state index contributed by atoms with van der Waals surface area (Å²) in [7, 11) is 1.54. The van der Waals surface area contributed by atoms with Crippen LogP contribution in [0.1, 0.15) is 12.5 Å². The number of anilines is 1. The van der Waals surface area contributed by atoms with Crippen molar-refractivity contribution in [2.45, 2.75) is 26.1 Å². The maximum Gasteiger partial charge on any atom is 0.268 e. The van der Waals surface area contributed by atoms with Crippen LogP contribution in [0.15, 0.2) is 48.5 Å². The van der Waals surface area contributed by atoms with E-state index in [1.807, 2.05) is 37.3 Å². The molecule has 0 spiro atoms. The molecule has 2 amide bonds. The van der Waals surface area contributed by atoms with Crippen LogP contribution in [0.3, 0.4) is 0 Å². The number of fused-ring (bicyclic) bond motifs is 1. The number of nitrogens with zero attached hydrogens (tertiary/aromatic N) is 1. The molecule has 0 bridgehead atoms. The molecule has 2 atom stereocenters. The van der Waals surface area contributed by atoms with Gasteiger partial charge in [-0.1, -0.05) is 29.8 Å². The fraction of sp³-hybridized carbons (Fsp3) is 0.300. The van der Waals surface area contributed by atoms with Gasteiger partial charge in [0.1, 0.15) is 11.5 Å². The van der Waals surface area contributed by atoms with Gasteiger partial charge in [0, 0.05) is 7.05 Å². The number of nitrogens with one attached hydrogen (secondary N) is 1. The van der Waals surface area contributed by atoms with Gasteiger partial charge in [0.25, 0.3) is 11.8 Å². The van der Waals surface area contributed by atoms with E-state index in [0.29, 0.717) is 17.2 Å². The average Bonchev–Trinajstić information content (AvgIpc) is 2.67. The van der Waals surface area contributed by atoms with Crippen LogP contribution in [0.2, 0.25) is 0 Å². The van der Waals surface area contributed by atoms with Crippen molar-refractivity contribution >= 4 is 17.5 Å². The predicted octanol–water partition coefficient (Wildman–Crippen LogP) is 2.30. The summed E-state index contributed by atoms with van der Waals surface area (Å²) in [6.07, 6.45) is -1.46. The lowest BCUT2D eigenvalue weighted by Crippen LogP contribution is -2.52. The molecule has 0 saturated heterocycles. The lowest BCUT2D eigenvalue weighted by atomic mass is 10.1. The van der Waals surface area contributed by atoms with E-state index >= 15 is 0 Å². The Labute approximate surface area is 152 Å². The van der Waals surface area contributed by atoms with Crippen LogP contribution in [-0.2, 0) is 9.59 Å². The van der Waals surface area contributed by atoms with E-state index in [1.54, 1.807) is 37.1 Å². The van der Waals surface area contributed by atoms with Crippen LogP contribution in [0, 0.1) is 6.92 Å². The summed E-state index contributed by atoms with van der Waals surface area (Å²) < 4.78 is 11.5. The molecule has 0 fully saturated rings. The van der Waals surface area contributed by atoms with Gasteiger partial charge in [0.15, 0.2) is 12.2 Å². The van der Waals surface area contributed by atoms with Gasteiger partial charge < -0.3 is 19.7 Å². The SMILES string of the molecule is CNC(=O)[C@@H]1CN(C(=O)[C@H](C)Oc2ccc(C)cc2)c2ccccc2O1. The van der Waals surface area contributed by atoms with E-state index < -0.39 is 12.2 Å². The van der Waals surface area contributed by atoms with Crippen molar-refractivity contribution in [1.29, 1.82) is 0 Å². The molecule has 2 aromatic rings. The van der Waals surface area contributed by atoms with Gasteiger partial charge >= 0.3 is 0 Å². The molecule has 1 aliphatic heterocycles. The van der Waals surface area contributed by atoms with Crippen LogP contribution in [-0.4, -0.2) is 37.6 Å². The number of carbonyl (C=O) groups excluding carboxylic acids is 2. The first kappa shape index (κ1) is 17.8. The minimum absolute atomic E-state index is 0.136. The zero-order chi connectivity index (χ0) is 18.7. The highest BCUT2D eigenvalue weighted by molar-refractivity contribution is 5.99. The third-order valence-electron chi connectivity index (χ3n) is 4.26. The highest BCUT2D eigenvalue weighted by atomic mass is 16.5. The topological polar surface area (TPSA) is 67.9 Å². The van der Waals surface area contributed by atoms with Gasteiger partial charge in [0.2, 0.25) is 0 Å². The number of hydrogen-bond donors (Lipinski definition) is 1. The summed E-state index contributed by atoms with van der Waals surface area (Å²) in [6, 6.07) is 14.7. The van der Waals surface area contributed by atoms with Crippen LogP contribution in [0.25, 0.3) is 0 Å². The number of rotatable bonds is 4. The first-order chi connectivity index (χ1) is 12.5. The highest BCUT2D eigenvalue weighted by Crippen LogP contribution is 2.33. The van der Waals surface area contributed by atoms with Crippen molar-refractivity contribution in [1.82, 2.24) is 5.32 Å². The fourth-order valence-electron chi connectivity index (χ4n) is 2.83. The minimum Gasteiger partial charge on any atom is -0.481 e. The quantitative estimate of drug-likeness (QED) is 0.915. The summed E-state index contributed by atoms with van der Waals surface area (Å²) in [6.45, 7) is 3.83. The van der Waals surface area contributed by atoms with E-state index in [0.717, 1.165) is 5.56 Å². The number of amides is 2. The maximum atomic E-state index is 13.0. The molecule has 6 nitrogen and oxygen atoms in total. The van der Waals surface area contributed by atoms with Crippen molar-refractivity contribution < 1.29 is 19.1 Å². The Hall–Kier alpha value is -3.02. The molecule has 0 unspecified atom stereocenters. The highest BCUT2D eigenvalue weighted by Gasteiger charge is 2.35. The van der Waals surface area contributed by atoms with Crippen molar-refractivity contribution in [2.75, 3.05) is 18.5 Å². The number of carbonyl (C=O) groups is 2. The third-order valence-corrected chi connectivity index (χ3v) is 4.26. The molecular formula is C20H22N2O4. The zero-order valence-corrected chi connectivity index (χ0v) is 15.1. The lowest BCUT2D eigenvalue weighted by molar-refractivity contribution is -0.129. The molecule has 0 aliphatic carbocycles. The number of aryl methyl sites for hydroxylation is 1. The van der Waals surface area contributed by atoms with E-state index in [1.165, 1.54) is 0 Å². The van der Waals surface area contributed by atoms with Gasteiger partial charge in [-0.2, -0.15) is 0 Å². The molecular weight excluding hydrogens is 332 g/mol. The fourth-order valence-corrected chi connectivity index (χ4v) is 2.83. The molecule has 1 heterocycles. The summed E-state index contributed by atoms with van der Waals surface area (Å²) in [4.78, 5) is 26.6. The first-order valence-corrected chi connectivity index (χ1v) is 8.51. The molecule has 0 radical (unpaired) electrons. The standard InChI is InChI=1S/C20H22N2O4/c1-13-8-10-15(11-9-13)25-14(2)20(24)22-12-18(19(23)21-3)26-17-7-5-4-6-16(17)22/h4-11,14,18H,12H2,1-3H3,(H,21,23)/t14-,18-/m0/s1. The van der Waals surface area contributed by atoms with Crippen LogP contribution in [0.5, 0.6) is 11.5 Å². The van der Waals surface area contributed by atoms with E-state index in [2.05, 4.69) is 5.32 Å². The van der Waals surface area contributed by atoms with Gasteiger partial charge in [-0.3, -0.25) is 9.59 Å². The van der Waals surface area contributed by atoms with E-state index in [9.17, 15) is 9.59 Å². The van der Waals surface area contributed by atoms with Gasteiger partial charge in [-0.05, 0) is 38.1 Å². The molecule has 136 valence electrons. The Morgan fingerprint density at radius 3 is 2.58 bits per heavy atom. The average molecular weight is 354 g/mol. The smallest absolute Gasteiger partial charge is 0.268 e. The summed E-state index contributed by atoms with van der Waals surface area (Å²) in [5.41, 5.74) is 1.75. The normalized spacial score (nSPS) is 16.9. The Balaban J connectivity index is 1.82. The molecule has 2 aromatic carbocycles. The number of likely N-dealkylation sites (N-methyl/N-ethyl adjacent to an activating group) is 1. The van der Waals surface area contributed by atoms with Crippen molar-refractivity contribution in [3.63, 3.8) is 0 Å². The van der Waals surface area contributed by atoms with E-state index in [4.69, 9.17) is 9.47 Å². The number of para-hydroxylation sites is 2. The number of benzene rings is 2. The van der Waals surface area contributed by atoms with Crippen molar-refractivity contribution in [3.05, 3.63) is 54.1 Å². The largest absolute Gasteiger partial charge is 0.481 e. The summed E-state index contributed by atoms with van der Waals surface area (Å²) in [5, 5.41) is 2.57. The summed E-state index contributed by atoms with van der Waals surface area (Å²) in [5.74, 6) is 0.628. The molecule has 0 saturated carbocycles. The van der Waals surface area contributed by atoms with E-state index in [-0.39, 0.29) is 18.4 Å². The van der Waals surface area contributed by atoms with Crippen LogP contribution >= 0.6 is 0 Å². The zero-order valence-electron chi connectivity index (χ0n) is 15.1. The molecule has 6 heteroatoms. The monoisotopic (exact) mass is 354 g/mol. The molecule has 26 heavy (non-hydrogen) atoms. The molecule has 0 aromatic heterocycles. The third kappa shape index (κ3) is 3.64. The maximum absolute atomic E-state index is 13.0. The second kappa shape index (κ2) is 7.47. The Morgan fingerprint density at radius 2 is 1.88 bits per heavy atom. The van der Waals surface area contributed by atoms with Crippen molar-refractivity contribution in [2.24, 2.45) is 0 Å². The first-order valence-electron chi connectivity index (χ1n) is 8.51. The second-order valence-corrected chi connectivity index (χ2v) is 6.21. The minimum atomic E-state index is -0.759. The molecule has 1 aliphatic rings. The van der Waals surface area contributed by atoms with Crippen LogP contribution in [0.4, 0.5) is 5.69 Å². The summed E-state index contributed by atoms with van der Waals surface area (Å²) >= 11 is 0. The predicted molar refractivity (Wildman–Crippen MR) is 98.5 cm³/mol. The Kier molecular flexibility index (Phi) is 5.11. The second-order valence-electron chi connectivity index (χ2n) is 6.21.